The van der Waals surface area contributed by atoms with Crippen molar-refractivity contribution in [2.45, 2.75) is 32.7 Å². The predicted molar refractivity (Wildman–Crippen MR) is 75.0 cm³/mol. The third-order valence-corrected chi connectivity index (χ3v) is 4.50. The molecule has 0 saturated carbocycles. The summed E-state index contributed by atoms with van der Waals surface area (Å²) in [6.07, 6.45) is 4.04. The van der Waals surface area contributed by atoms with Gasteiger partial charge in [0.15, 0.2) is 0 Å². The van der Waals surface area contributed by atoms with Gasteiger partial charge in [0.1, 0.15) is 0 Å². The number of imidazole rings is 1. The van der Waals surface area contributed by atoms with E-state index in [4.69, 9.17) is 0 Å². The number of thiophene rings is 1. The third-order valence-electron chi connectivity index (χ3n) is 3.32. The topological polar surface area (TPSA) is 40.7 Å². The van der Waals surface area contributed by atoms with Crippen LogP contribution < -0.4 is 5.32 Å². The standard InChI is InChI=1S/C14H19N3S/c1-9(2)7-10-3-4-12(18-10)14-13-11(5-6-15-14)16-8-17-13/h3-4,8-9,14-15H,5-7H2,1-2H3,(H,16,17). The number of aromatic nitrogens is 2. The van der Waals surface area contributed by atoms with E-state index in [1.165, 1.54) is 27.6 Å². The van der Waals surface area contributed by atoms with E-state index in [1.807, 2.05) is 17.7 Å². The van der Waals surface area contributed by atoms with Gasteiger partial charge in [0.05, 0.1) is 18.1 Å². The molecule has 0 saturated heterocycles. The zero-order valence-corrected chi connectivity index (χ0v) is 11.7. The molecule has 3 heterocycles. The number of H-pyrrole nitrogens is 1. The van der Waals surface area contributed by atoms with E-state index in [-0.39, 0.29) is 6.04 Å². The molecule has 2 aromatic rings. The Labute approximate surface area is 112 Å². The quantitative estimate of drug-likeness (QED) is 0.892. The van der Waals surface area contributed by atoms with Crippen LogP contribution in [0.4, 0.5) is 0 Å². The number of fused-ring (bicyclic) bond motifs is 1. The van der Waals surface area contributed by atoms with Crippen LogP contribution in [0.5, 0.6) is 0 Å². The summed E-state index contributed by atoms with van der Waals surface area (Å²) in [6.45, 7) is 5.56. The number of aromatic amines is 1. The Morgan fingerprint density at radius 1 is 1.44 bits per heavy atom. The van der Waals surface area contributed by atoms with Crippen molar-refractivity contribution in [2.75, 3.05) is 6.54 Å². The van der Waals surface area contributed by atoms with Gasteiger partial charge in [-0.3, -0.25) is 0 Å². The normalized spacial score (nSPS) is 19.2. The molecule has 3 rings (SSSR count). The molecule has 96 valence electrons. The van der Waals surface area contributed by atoms with Crippen LogP contribution in [-0.2, 0) is 12.8 Å². The lowest BCUT2D eigenvalue weighted by Gasteiger charge is -2.21. The highest BCUT2D eigenvalue weighted by molar-refractivity contribution is 7.12. The number of hydrogen-bond acceptors (Lipinski definition) is 3. The summed E-state index contributed by atoms with van der Waals surface area (Å²) < 4.78 is 0. The molecule has 2 aromatic heterocycles. The zero-order valence-electron chi connectivity index (χ0n) is 10.9. The second-order valence-electron chi connectivity index (χ2n) is 5.31. The van der Waals surface area contributed by atoms with Gasteiger partial charge < -0.3 is 10.3 Å². The molecule has 0 bridgehead atoms. The van der Waals surface area contributed by atoms with Crippen LogP contribution in [0, 0.1) is 5.92 Å². The van der Waals surface area contributed by atoms with Crippen LogP contribution in [0.3, 0.4) is 0 Å². The highest BCUT2D eigenvalue weighted by atomic mass is 32.1. The average molecular weight is 261 g/mol. The van der Waals surface area contributed by atoms with Gasteiger partial charge >= 0.3 is 0 Å². The van der Waals surface area contributed by atoms with Crippen molar-refractivity contribution >= 4 is 11.3 Å². The Hall–Kier alpha value is -1.13. The van der Waals surface area contributed by atoms with Crippen molar-refractivity contribution in [3.63, 3.8) is 0 Å². The maximum atomic E-state index is 4.47. The van der Waals surface area contributed by atoms with Gasteiger partial charge in [0.2, 0.25) is 0 Å². The van der Waals surface area contributed by atoms with Crippen molar-refractivity contribution < 1.29 is 0 Å². The number of nitrogens with one attached hydrogen (secondary N) is 2. The lowest BCUT2D eigenvalue weighted by atomic mass is 10.0. The van der Waals surface area contributed by atoms with E-state index in [1.54, 1.807) is 0 Å². The predicted octanol–water partition coefficient (Wildman–Crippen LogP) is 2.90. The number of rotatable bonds is 3. The molecule has 4 heteroatoms. The summed E-state index contributed by atoms with van der Waals surface area (Å²) in [7, 11) is 0. The smallest absolute Gasteiger partial charge is 0.0926 e. The molecule has 2 N–H and O–H groups in total. The maximum absolute atomic E-state index is 4.47. The van der Waals surface area contributed by atoms with E-state index in [9.17, 15) is 0 Å². The van der Waals surface area contributed by atoms with Gasteiger partial charge in [-0.2, -0.15) is 0 Å². The summed E-state index contributed by atoms with van der Waals surface area (Å²) in [4.78, 5) is 10.6. The maximum Gasteiger partial charge on any atom is 0.0926 e. The second kappa shape index (κ2) is 4.86. The fraction of sp³-hybridized carbons (Fsp3) is 0.500. The lowest BCUT2D eigenvalue weighted by molar-refractivity contribution is 0.560. The molecular weight excluding hydrogens is 242 g/mol. The van der Waals surface area contributed by atoms with Crippen molar-refractivity contribution in [3.8, 4) is 0 Å². The van der Waals surface area contributed by atoms with Crippen molar-refractivity contribution in [1.29, 1.82) is 0 Å². The lowest BCUT2D eigenvalue weighted by Crippen LogP contribution is -2.30. The zero-order chi connectivity index (χ0) is 12.5. The molecule has 0 amide bonds. The molecule has 1 aliphatic rings. The van der Waals surface area contributed by atoms with Gasteiger partial charge in [-0.05, 0) is 24.5 Å². The molecular formula is C14H19N3S. The third kappa shape index (κ3) is 2.22. The van der Waals surface area contributed by atoms with E-state index in [0.717, 1.165) is 18.9 Å². The molecule has 0 fully saturated rings. The molecule has 3 nitrogen and oxygen atoms in total. The fourth-order valence-electron chi connectivity index (χ4n) is 2.52. The first kappa shape index (κ1) is 11.9. The molecule has 1 aliphatic heterocycles. The van der Waals surface area contributed by atoms with Gasteiger partial charge in [0.25, 0.3) is 0 Å². The minimum absolute atomic E-state index is 0.283. The molecule has 0 spiro atoms. The Bertz CT molecular complexity index is 527. The van der Waals surface area contributed by atoms with E-state index in [2.05, 4.69) is 41.3 Å². The Morgan fingerprint density at radius 3 is 3.17 bits per heavy atom. The SMILES string of the molecule is CC(C)Cc1ccc(C2NCCc3[nH]cnc32)s1. The van der Waals surface area contributed by atoms with Gasteiger partial charge in [0, 0.05) is 28.4 Å². The van der Waals surface area contributed by atoms with Crippen LogP contribution in [0.1, 0.15) is 41.0 Å². The molecule has 0 radical (unpaired) electrons. The molecule has 0 aliphatic carbocycles. The van der Waals surface area contributed by atoms with E-state index < -0.39 is 0 Å². The number of nitrogens with zero attached hydrogens (tertiary/aromatic N) is 1. The Kier molecular flexibility index (Phi) is 3.22. The van der Waals surface area contributed by atoms with Crippen LogP contribution >= 0.6 is 11.3 Å². The van der Waals surface area contributed by atoms with Gasteiger partial charge in [-0.15, -0.1) is 11.3 Å². The van der Waals surface area contributed by atoms with Crippen molar-refractivity contribution in [3.05, 3.63) is 39.6 Å². The first-order chi connectivity index (χ1) is 8.74. The van der Waals surface area contributed by atoms with Crippen molar-refractivity contribution in [2.24, 2.45) is 5.92 Å². The van der Waals surface area contributed by atoms with Crippen molar-refractivity contribution in [1.82, 2.24) is 15.3 Å². The minimum Gasteiger partial charge on any atom is -0.348 e. The first-order valence-electron chi connectivity index (χ1n) is 6.58. The van der Waals surface area contributed by atoms with Gasteiger partial charge in [-0.25, -0.2) is 4.98 Å². The van der Waals surface area contributed by atoms with E-state index in [0.29, 0.717) is 0 Å². The molecule has 18 heavy (non-hydrogen) atoms. The Balaban J connectivity index is 1.86. The highest BCUT2D eigenvalue weighted by Gasteiger charge is 2.24. The van der Waals surface area contributed by atoms with Crippen LogP contribution in [0.15, 0.2) is 18.5 Å². The van der Waals surface area contributed by atoms with Gasteiger partial charge in [-0.1, -0.05) is 13.8 Å². The summed E-state index contributed by atoms with van der Waals surface area (Å²) in [5.41, 5.74) is 2.47. The van der Waals surface area contributed by atoms with Crippen LogP contribution in [0.25, 0.3) is 0 Å². The number of hydrogen-bond donors (Lipinski definition) is 2. The largest absolute Gasteiger partial charge is 0.348 e. The Morgan fingerprint density at radius 2 is 2.33 bits per heavy atom. The molecule has 1 unspecified atom stereocenters. The average Bonchev–Trinajstić information content (AvgIpc) is 2.95. The van der Waals surface area contributed by atoms with Crippen LogP contribution in [-0.4, -0.2) is 16.5 Å². The first-order valence-corrected chi connectivity index (χ1v) is 7.40. The highest BCUT2D eigenvalue weighted by Crippen LogP contribution is 2.31. The molecule has 0 aromatic carbocycles. The summed E-state index contributed by atoms with van der Waals surface area (Å²) in [5, 5.41) is 3.57. The minimum atomic E-state index is 0.283. The monoisotopic (exact) mass is 261 g/mol. The summed E-state index contributed by atoms with van der Waals surface area (Å²) in [5.74, 6) is 0.719. The second-order valence-corrected chi connectivity index (χ2v) is 6.51. The van der Waals surface area contributed by atoms with E-state index >= 15 is 0 Å². The molecule has 1 atom stereocenters. The summed E-state index contributed by atoms with van der Waals surface area (Å²) in [6, 6.07) is 4.80. The summed E-state index contributed by atoms with van der Waals surface area (Å²) >= 11 is 1.92. The van der Waals surface area contributed by atoms with Crippen LogP contribution in [0.2, 0.25) is 0 Å². The fourth-order valence-corrected chi connectivity index (χ4v) is 3.82.